The van der Waals surface area contributed by atoms with Gasteiger partial charge in [-0.1, -0.05) is 60.1 Å². The number of anilines is 1. The van der Waals surface area contributed by atoms with Crippen LogP contribution in [0.25, 0.3) is 0 Å². The Morgan fingerprint density at radius 1 is 1.03 bits per heavy atom. The van der Waals surface area contributed by atoms with Crippen molar-refractivity contribution >= 4 is 29.0 Å². The fourth-order valence-electron chi connectivity index (χ4n) is 4.00. The lowest BCUT2D eigenvalue weighted by molar-refractivity contribution is -0.118. The molecule has 1 aliphatic heterocycles. The standard InChI is InChI=1S/C26H22ClNO5/c1-33-21-15-17(14-19(27)24(21)30)23-22(20(29)13-12-16-8-4-2-5-9-16)25(31)26(32)28(23)18-10-6-3-7-11-18/h2-11,14-15,23,30-31H,12-13H2,1H3. The molecule has 0 saturated carbocycles. The van der Waals surface area contributed by atoms with Gasteiger partial charge in [0.2, 0.25) is 0 Å². The summed E-state index contributed by atoms with van der Waals surface area (Å²) in [7, 11) is 1.38. The maximum atomic E-state index is 13.3. The van der Waals surface area contributed by atoms with Crippen LogP contribution in [0.3, 0.4) is 0 Å². The van der Waals surface area contributed by atoms with Gasteiger partial charge >= 0.3 is 0 Å². The van der Waals surface area contributed by atoms with Gasteiger partial charge in [-0.15, -0.1) is 0 Å². The van der Waals surface area contributed by atoms with Gasteiger partial charge in [0.05, 0.1) is 23.7 Å². The first kappa shape index (κ1) is 22.4. The van der Waals surface area contributed by atoms with Gasteiger partial charge in [0.15, 0.2) is 23.0 Å². The van der Waals surface area contributed by atoms with Crippen molar-refractivity contribution in [1.29, 1.82) is 0 Å². The van der Waals surface area contributed by atoms with Gasteiger partial charge in [0.1, 0.15) is 0 Å². The molecule has 1 aliphatic rings. The number of phenolic OH excluding ortho intramolecular Hbond substituents is 1. The van der Waals surface area contributed by atoms with Gasteiger partial charge in [0.25, 0.3) is 5.91 Å². The second-order valence-electron chi connectivity index (χ2n) is 7.64. The fraction of sp³-hybridized carbons (Fsp3) is 0.154. The SMILES string of the molecule is COc1cc(C2C(C(=O)CCc3ccccc3)=C(O)C(=O)N2c2ccccc2)cc(Cl)c1O. The van der Waals surface area contributed by atoms with Crippen LogP contribution in [-0.4, -0.2) is 29.0 Å². The molecule has 0 aliphatic carbocycles. The van der Waals surface area contributed by atoms with E-state index >= 15 is 0 Å². The third kappa shape index (κ3) is 4.30. The normalized spacial score (nSPS) is 15.8. The first-order valence-electron chi connectivity index (χ1n) is 10.4. The first-order chi connectivity index (χ1) is 15.9. The minimum Gasteiger partial charge on any atom is -0.503 e. The van der Waals surface area contributed by atoms with E-state index in [1.54, 1.807) is 30.3 Å². The van der Waals surface area contributed by atoms with Crippen molar-refractivity contribution in [3.05, 3.63) is 100 Å². The Morgan fingerprint density at radius 2 is 1.67 bits per heavy atom. The molecule has 4 rings (SSSR count). The van der Waals surface area contributed by atoms with Crippen LogP contribution in [0.1, 0.15) is 23.6 Å². The summed E-state index contributed by atoms with van der Waals surface area (Å²) in [4.78, 5) is 27.8. The summed E-state index contributed by atoms with van der Waals surface area (Å²) in [5, 5.41) is 21.0. The van der Waals surface area contributed by atoms with Crippen LogP contribution in [0, 0.1) is 0 Å². The lowest BCUT2D eigenvalue weighted by atomic mass is 9.92. The first-order valence-corrected chi connectivity index (χ1v) is 10.8. The number of hydrogen-bond acceptors (Lipinski definition) is 5. The Hall–Kier alpha value is -3.77. The summed E-state index contributed by atoms with van der Waals surface area (Å²) in [5.74, 6) is -1.78. The van der Waals surface area contributed by atoms with E-state index in [4.69, 9.17) is 16.3 Å². The topological polar surface area (TPSA) is 87.1 Å². The number of halogens is 1. The predicted molar refractivity (Wildman–Crippen MR) is 126 cm³/mol. The number of carbonyl (C=O) groups is 2. The number of ketones is 1. The van der Waals surface area contributed by atoms with Crippen molar-refractivity contribution in [2.45, 2.75) is 18.9 Å². The third-order valence-corrected chi connectivity index (χ3v) is 5.90. The molecule has 1 atom stereocenters. The van der Waals surface area contributed by atoms with E-state index in [1.165, 1.54) is 24.1 Å². The van der Waals surface area contributed by atoms with Crippen LogP contribution in [0.5, 0.6) is 11.5 Å². The molecule has 1 amide bonds. The number of carbonyl (C=O) groups excluding carboxylic acids is 2. The predicted octanol–water partition coefficient (Wildman–Crippen LogP) is 5.16. The molecule has 0 bridgehead atoms. The average Bonchev–Trinajstić information content (AvgIpc) is 3.11. The second kappa shape index (κ2) is 9.38. The molecule has 7 heteroatoms. The Morgan fingerprint density at radius 3 is 2.30 bits per heavy atom. The van der Waals surface area contributed by atoms with Crippen molar-refractivity contribution < 1.29 is 24.5 Å². The Bertz CT molecular complexity index is 1220. The summed E-state index contributed by atoms with van der Waals surface area (Å²) in [6.45, 7) is 0. The van der Waals surface area contributed by atoms with Gasteiger partial charge in [-0.3, -0.25) is 14.5 Å². The van der Waals surface area contributed by atoms with E-state index in [1.807, 2.05) is 30.3 Å². The Labute approximate surface area is 196 Å². The molecule has 6 nitrogen and oxygen atoms in total. The maximum Gasteiger partial charge on any atom is 0.294 e. The van der Waals surface area contributed by atoms with Gasteiger partial charge in [-0.05, 0) is 41.8 Å². The molecule has 168 valence electrons. The van der Waals surface area contributed by atoms with E-state index in [9.17, 15) is 19.8 Å². The zero-order chi connectivity index (χ0) is 23.5. The van der Waals surface area contributed by atoms with Crippen LogP contribution in [0.2, 0.25) is 5.02 Å². The molecule has 3 aromatic rings. The van der Waals surface area contributed by atoms with E-state index in [0.717, 1.165) is 5.56 Å². The number of aliphatic hydroxyl groups excluding tert-OH is 1. The number of benzene rings is 3. The number of ether oxygens (including phenoxy) is 1. The Kier molecular flexibility index (Phi) is 6.38. The number of para-hydroxylation sites is 1. The minimum atomic E-state index is -0.935. The summed E-state index contributed by atoms with van der Waals surface area (Å²) >= 11 is 6.21. The molecule has 2 N–H and O–H groups in total. The van der Waals surface area contributed by atoms with Crippen LogP contribution >= 0.6 is 11.6 Å². The molecule has 0 aromatic heterocycles. The van der Waals surface area contributed by atoms with E-state index in [-0.39, 0.29) is 34.3 Å². The summed E-state index contributed by atoms with van der Waals surface area (Å²) < 4.78 is 5.22. The minimum absolute atomic E-state index is 0.00675. The van der Waals surface area contributed by atoms with Gasteiger partial charge in [-0.2, -0.15) is 0 Å². The number of methoxy groups -OCH3 is 1. The number of nitrogens with zero attached hydrogens (tertiary/aromatic N) is 1. The monoisotopic (exact) mass is 463 g/mol. The molecule has 0 spiro atoms. The lowest BCUT2D eigenvalue weighted by Crippen LogP contribution is -2.31. The summed E-state index contributed by atoms with van der Waals surface area (Å²) in [6, 6.07) is 20.3. The molecule has 3 aromatic carbocycles. The van der Waals surface area contributed by atoms with Crippen molar-refractivity contribution in [3.8, 4) is 11.5 Å². The van der Waals surface area contributed by atoms with E-state index in [2.05, 4.69) is 0 Å². The van der Waals surface area contributed by atoms with Crippen molar-refractivity contribution in [2.24, 2.45) is 0 Å². The van der Waals surface area contributed by atoms with Crippen molar-refractivity contribution in [2.75, 3.05) is 12.0 Å². The number of hydrogen-bond donors (Lipinski definition) is 2. The highest BCUT2D eigenvalue weighted by molar-refractivity contribution is 6.32. The van der Waals surface area contributed by atoms with Gasteiger partial charge in [-0.25, -0.2) is 0 Å². The molecule has 1 unspecified atom stereocenters. The molecule has 1 heterocycles. The number of Topliss-reactive ketones (excluding diaryl/α,β-unsaturated/α-hetero) is 1. The molecule has 0 fully saturated rings. The zero-order valence-corrected chi connectivity index (χ0v) is 18.6. The molecule has 33 heavy (non-hydrogen) atoms. The largest absolute Gasteiger partial charge is 0.503 e. The maximum absolute atomic E-state index is 13.3. The van der Waals surface area contributed by atoms with Gasteiger partial charge in [0, 0.05) is 12.1 Å². The number of amides is 1. The van der Waals surface area contributed by atoms with Crippen LogP contribution < -0.4 is 9.64 Å². The summed E-state index contributed by atoms with van der Waals surface area (Å²) in [6.07, 6.45) is 0.571. The molecular weight excluding hydrogens is 442 g/mol. The number of aryl methyl sites for hydroxylation is 1. The summed E-state index contributed by atoms with van der Waals surface area (Å²) in [5.41, 5.74) is 1.90. The number of rotatable bonds is 7. The van der Waals surface area contributed by atoms with E-state index < -0.39 is 17.7 Å². The highest BCUT2D eigenvalue weighted by Gasteiger charge is 2.44. The zero-order valence-electron chi connectivity index (χ0n) is 17.9. The van der Waals surface area contributed by atoms with Crippen LogP contribution in [-0.2, 0) is 16.0 Å². The van der Waals surface area contributed by atoms with Crippen molar-refractivity contribution in [3.63, 3.8) is 0 Å². The molecule has 0 saturated heterocycles. The van der Waals surface area contributed by atoms with Crippen molar-refractivity contribution in [1.82, 2.24) is 0 Å². The quantitative estimate of drug-likeness (QED) is 0.505. The Balaban J connectivity index is 1.79. The fourth-order valence-corrected chi connectivity index (χ4v) is 4.22. The highest BCUT2D eigenvalue weighted by atomic mass is 35.5. The molecule has 0 radical (unpaired) electrons. The average molecular weight is 464 g/mol. The number of aromatic hydroxyl groups is 1. The van der Waals surface area contributed by atoms with Crippen LogP contribution in [0.15, 0.2) is 84.1 Å². The third-order valence-electron chi connectivity index (χ3n) is 5.61. The highest BCUT2D eigenvalue weighted by Crippen LogP contribution is 2.45. The smallest absolute Gasteiger partial charge is 0.294 e. The number of phenols is 1. The van der Waals surface area contributed by atoms with Crippen LogP contribution in [0.4, 0.5) is 5.69 Å². The van der Waals surface area contributed by atoms with E-state index in [0.29, 0.717) is 17.7 Å². The van der Waals surface area contributed by atoms with Gasteiger partial charge < -0.3 is 14.9 Å². The molecular formula is C26H22ClNO5. The lowest BCUT2D eigenvalue weighted by Gasteiger charge is -2.27. The second-order valence-corrected chi connectivity index (χ2v) is 8.05. The number of aliphatic hydroxyl groups is 1.